The van der Waals surface area contributed by atoms with E-state index in [2.05, 4.69) is 34.6 Å². The number of hydrogen-bond acceptors (Lipinski definition) is 5. The van der Waals surface area contributed by atoms with Crippen molar-refractivity contribution in [3.63, 3.8) is 0 Å². The van der Waals surface area contributed by atoms with Gasteiger partial charge >= 0.3 is 0 Å². The fraction of sp³-hybridized carbons (Fsp3) is 0.304. The number of nitrogens with one attached hydrogen (secondary N) is 1. The van der Waals surface area contributed by atoms with Gasteiger partial charge in [0.25, 0.3) is 0 Å². The first-order chi connectivity index (χ1) is 14.2. The van der Waals surface area contributed by atoms with Crippen LogP contribution in [-0.4, -0.2) is 38.8 Å². The zero-order valence-electron chi connectivity index (χ0n) is 16.6. The van der Waals surface area contributed by atoms with Gasteiger partial charge in [0.15, 0.2) is 5.82 Å². The Labute approximate surface area is 171 Å². The molecule has 4 rings (SSSR count). The second kappa shape index (κ2) is 8.82. The Morgan fingerprint density at radius 2 is 1.93 bits per heavy atom. The molecule has 29 heavy (non-hydrogen) atoms. The van der Waals surface area contributed by atoms with Crippen LogP contribution in [0, 0.1) is 0 Å². The lowest BCUT2D eigenvalue weighted by molar-refractivity contribution is -0.129. The molecule has 148 valence electrons. The van der Waals surface area contributed by atoms with E-state index in [-0.39, 0.29) is 5.91 Å². The van der Waals surface area contributed by atoms with Gasteiger partial charge in [0.2, 0.25) is 5.91 Å². The van der Waals surface area contributed by atoms with Crippen LogP contribution >= 0.6 is 0 Å². The molecule has 0 saturated carbocycles. The summed E-state index contributed by atoms with van der Waals surface area (Å²) in [4.78, 5) is 27.6. The van der Waals surface area contributed by atoms with Crippen LogP contribution in [0.15, 0.2) is 54.7 Å². The van der Waals surface area contributed by atoms with Crippen LogP contribution in [0.4, 0.5) is 5.82 Å². The maximum Gasteiger partial charge on any atom is 0.219 e. The second-order valence-electron chi connectivity index (χ2n) is 7.24. The molecule has 0 unspecified atom stereocenters. The summed E-state index contributed by atoms with van der Waals surface area (Å²) in [5.41, 5.74) is 4.10. The number of rotatable bonds is 6. The van der Waals surface area contributed by atoms with E-state index in [1.165, 1.54) is 5.56 Å². The first-order valence-electron chi connectivity index (χ1n) is 10.0. The summed E-state index contributed by atoms with van der Waals surface area (Å²) in [6.07, 6.45) is 4.54. The fourth-order valence-corrected chi connectivity index (χ4v) is 3.60. The molecule has 1 amide bonds. The first kappa shape index (κ1) is 19.1. The lowest BCUT2D eigenvalue weighted by Gasteiger charge is -2.28. The molecule has 0 radical (unpaired) electrons. The third-order valence-electron chi connectivity index (χ3n) is 5.18. The zero-order chi connectivity index (χ0) is 20.1. The molecular formula is C23H25N5O. The van der Waals surface area contributed by atoms with Gasteiger partial charge in [-0.15, -0.1) is 0 Å². The van der Waals surface area contributed by atoms with Crippen molar-refractivity contribution in [3.8, 4) is 11.5 Å². The summed E-state index contributed by atoms with van der Waals surface area (Å²) < 4.78 is 0. The predicted molar refractivity (Wildman–Crippen MR) is 113 cm³/mol. The molecule has 3 aromatic rings. The van der Waals surface area contributed by atoms with E-state index in [1.54, 1.807) is 13.1 Å². The second-order valence-corrected chi connectivity index (χ2v) is 7.24. The van der Waals surface area contributed by atoms with Crippen LogP contribution in [0.1, 0.15) is 30.2 Å². The number of carbonyl (C=O) groups is 1. The Morgan fingerprint density at radius 1 is 1.10 bits per heavy atom. The van der Waals surface area contributed by atoms with Crippen LogP contribution in [0.3, 0.4) is 0 Å². The van der Waals surface area contributed by atoms with Gasteiger partial charge < -0.3 is 10.2 Å². The van der Waals surface area contributed by atoms with Crippen molar-refractivity contribution in [1.29, 1.82) is 0 Å². The molecule has 1 aliphatic heterocycles. The number of carbonyl (C=O) groups excluding carboxylic acids is 1. The molecule has 0 aliphatic carbocycles. The lowest BCUT2D eigenvalue weighted by atomic mass is 10.0. The minimum atomic E-state index is 0.0750. The van der Waals surface area contributed by atoms with E-state index in [0.717, 1.165) is 48.6 Å². The number of fused-ring (bicyclic) bond motifs is 1. The van der Waals surface area contributed by atoms with Crippen LogP contribution in [0.25, 0.3) is 11.5 Å². The summed E-state index contributed by atoms with van der Waals surface area (Å²) in [6, 6.07) is 16.2. The van der Waals surface area contributed by atoms with Crippen molar-refractivity contribution in [2.75, 3.05) is 18.4 Å². The van der Waals surface area contributed by atoms with Gasteiger partial charge in [-0.3, -0.25) is 9.78 Å². The number of aryl methyl sites for hydroxylation is 1. The SMILES string of the molecule is CC(=O)N1CCc2c(nc(-c3ccccn3)nc2NCCCc2ccccc2)C1. The minimum Gasteiger partial charge on any atom is -0.370 e. The molecule has 0 fully saturated rings. The van der Waals surface area contributed by atoms with Crippen LogP contribution in [0.5, 0.6) is 0 Å². The normalized spacial score (nSPS) is 13.1. The number of pyridine rings is 1. The highest BCUT2D eigenvalue weighted by Crippen LogP contribution is 2.26. The third-order valence-corrected chi connectivity index (χ3v) is 5.18. The van der Waals surface area contributed by atoms with Gasteiger partial charge in [-0.1, -0.05) is 36.4 Å². The van der Waals surface area contributed by atoms with Gasteiger partial charge in [-0.2, -0.15) is 0 Å². The Kier molecular flexibility index (Phi) is 5.79. The number of amides is 1. The maximum absolute atomic E-state index is 11.8. The summed E-state index contributed by atoms with van der Waals surface area (Å²) in [6.45, 7) is 3.66. The van der Waals surface area contributed by atoms with Crippen molar-refractivity contribution in [2.24, 2.45) is 0 Å². The lowest BCUT2D eigenvalue weighted by Crippen LogP contribution is -2.35. The summed E-state index contributed by atoms with van der Waals surface area (Å²) in [5, 5.41) is 3.51. The van der Waals surface area contributed by atoms with E-state index in [4.69, 9.17) is 9.97 Å². The molecule has 2 aromatic heterocycles. The number of nitrogens with zero attached hydrogens (tertiary/aromatic N) is 4. The van der Waals surface area contributed by atoms with E-state index in [1.807, 2.05) is 29.2 Å². The van der Waals surface area contributed by atoms with Crippen LogP contribution in [-0.2, 0) is 24.2 Å². The average Bonchev–Trinajstić information content (AvgIpc) is 2.77. The Balaban J connectivity index is 1.55. The zero-order valence-corrected chi connectivity index (χ0v) is 16.6. The maximum atomic E-state index is 11.8. The highest BCUT2D eigenvalue weighted by atomic mass is 16.2. The molecular weight excluding hydrogens is 362 g/mol. The average molecular weight is 387 g/mol. The number of benzene rings is 1. The topological polar surface area (TPSA) is 71.0 Å². The van der Waals surface area contributed by atoms with Gasteiger partial charge in [0, 0.05) is 31.8 Å². The van der Waals surface area contributed by atoms with Crippen molar-refractivity contribution >= 4 is 11.7 Å². The molecule has 0 atom stereocenters. The molecule has 1 N–H and O–H groups in total. The Hall–Kier alpha value is -3.28. The van der Waals surface area contributed by atoms with Gasteiger partial charge in [0.1, 0.15) is 11.5 Å². The van der Waals surface area contributed by atoms with Crippen molar-refractivity contribution in [2.45, 2.75) is 32.7 Å². The standard InChI is InChI=1S/C23H25N5O/c1-17(29)28-15-12-19-21(16-28)26-23(20-11-5-6-13-24-20)27-22(19)25-14-7-10-18-8-3-2-4-9-18/h2-6,8-9,11,13H,7,10,12,14-16H2,1H3,(H,25,26,27). The molecule has 6 heteroatoms. The quantitative estimate of drug-likeness (QED) is 0.656. The van der Waals surface area contributed by atoms with Gasteiger partial charge in [0.05, 0.1) is 12.2 Å². The number of hydrogen-bond donors (Lipinski definition) is 1. The van der Waals surface area contributed by atoms with Crippen molar-refractivity contribution in [1.82, 2.24) is 19.9 Å². The molecule has 0 spiro atoms. The molecule has 0 saturated heterocycles. The largest absolute Gasteiger partial charge is 0.370 e. The van der Waals surface area contributed by atoms with E-state index >= 15 is 0 Å². The summed E-state index contributed by atoms with van der Waals surface area (Å²) in [7, 11) is 0. The highest BCUT2D eigenvalue weighted by molar-refractivity contribution is 5.74. The van der Waals surface area contributed by atoms with Gasteiger partial charge in [-0.05, 0) is 37.0 Å². The number of anilines is 1. The minimum absolute atomic E-state index is 0.0750. The summed E-state index contributed by atoms with van der Waals surface area (Å²) >= 11 is 0. The fourth-order valence-electron chi connectivity index (χ4n) is 3.60. The molecule has 6 nitrogen and oxygen atoms in total. The molecule has 1 aromatic carbocycles. The Bertz CT molecular complexity index is 975. The van der Waals surface area contributed by atoms with Crippen LogP contribution in [0.2, 0.25) is 0 Å². The third kappa shape index (κ3) is 4.59. The van der Waals surface area contributed by atoms with E-state index in [0.29, 0.717) is 18.9 Å². The van der Waals surface area contributed by atoms with E-state index < -0.39 is 0 Å². The molecule has 1 aliphatic rings. The highest BCUT2D eigenvalue weighted by Gasteiger charge is 2.24. The first-order valence-corrected chi connectivity index (χ1v) is 10.0. The number of aromatic nitrogens is 3. The van der Waals surface area contributed by atoms with Gasteiger partial charge in [-0.25, -0.2) is 9.97 Å². The molecule has 3 heterocycles. The van der Waals surface area contributed by atoms with Crippen molar-refractivity contribution < 1.29 is 4.79 Å². The molecule has 0 bridgehead atoms. The summed E-state index contributed by atoms with van der Waals surface area (Å²) in [5.74, 6) is 1.54. The van der Waals surface area contributed by atoms with E-state index in [9.17, 15) is 4.79 Å². The smallest absolute Gasteiger partial charge is 0.219 e. The predicted octanol–water partition coefficient (Wildman–Crippen LogP) is 3.49. The van der Waals surface area contributed by atoms with Crippen molar-refractivity contribution in [3.05, 3.63) is 71.5 Å². The van der Waals surface area contributed by atoms with Crippen LogP contribution < -0.4 is 5.32 Å². The Morgan fingerprint density at radius 3 is 2.69 bits per heavy atom. The monoisotopic (exact) mass is 387 g/mol.